The first kappa shape index (κ1) is 13.3. The molecule has 0 saturated carbocycles. The Bertz CT molecular complexity index is 777. The van der Waals surface area contributed by atoms with Crippen molar-refractivity contribution in [3.63, 3.8) is 0 Å². The Kier molecular flexibility index (Phi) is 3.56. The van der Waals surface area contributed by atoms with E-state index in [2.05, 4.69) is 22.6 Å². The molecular formula is C16H11FINO. The molecule has 1 aromatic heterocycles. The first-order chi connectivity index (χ1) is 9.63. The van der Waals surface area contributed by atoms with Gasteiger partial charge in [0, 0.05) is 26.2 Å². The molecule has 2 aromatic carbocycles. The van der Waals surface area contributed by atoms with Crippen molar-refractivity contribution in [3.05, 3.63) is 69.7 Å². The summed E-state index contributed by atoms with van der Waals surface area (Å²) >= 11 is 2.21. The molecule has 20 heavy (non-hydrogen) atoms. The first-order valence-electron chi connectivity index (χ1n) is 6.17. The first-order valence-corrected chi connectivity index (χ1v) is 7.24. The maximum atomic E-state index is 13.1. The molecule has 0 N–H and O–H groups in total. The van der Waals surface area contributed by atoms with Crippen LogP contribution < -0.4 is 0 Å². The number of nitrogens with zero attached hydrogens (tertiary/aromatic N) is 1. The van der Waals surface area contributed by atoms with Crippen molar-refractivity contribution in [2.24, 2.45) is 0 Å². The summed E-state index contributed by atoms with van der Waals surface area (Å²) in [6.45, 7) is 0.260. The van der Waals surface area contributed by atoms with E-state index >= 15 is 0 Å². The molecule has 100 valence electrons. The number of Topliss-reactive ketones (excluding diaryl/α,β-unsaturated/α-hetero) is 1. The maximum absolute atomic E-state index is 13.1. The topological polar surface area (TPSA) is 22.0 Å². The molecular weight excluding hydrogens is 368 g/mol. The quantitative estimate of drug-likeness (QED) is 0.492. The molecule has 3 rings (SSSR count). The number of benzene rings is 2. The van der Waals surface area contributed by atoms with Crippen molar-refractivity contribution < 1.29 is 9.18 Å². The molecule has 0 radical (unpaired) electrons. The molecule has 3 aromatic rings. The molecule has 0 bridgehead atoms. The van der Waals surface area contributed by atoms with Crippen LogP contribution in [0.15, 0.2) is 54.7 Å². The van der Waals surface area contributed by atoms with Crippen LogP contribution in [-0.4, -0.2) is 10.4 Å². The van der Waals surface area contributed by atoms with Crippen LogP contribution in [0.4, 0.5) is 4.39 Å². The van der Waals surface area contributed by atoms with Crippen molar-refractivity contribution in [1.29, 1.82) is 0 Å². The predicted octanol–water partition coefficient (Wildman–Crippen LogP) is 4.27. The molecule has 0 aliphatic heterocycles. The third kappa shape index (κ3) is 2.60. The summed E-state index contributed by atoms with van der Waals surface area (Å²) in [6, 6.07) is 13.9. The van der Waals surface area contributed by atoms with Crippen molar-refractivity contribution in [1.82, 2.24) is 4.57 Å². The fraction of sp³-hybridized carbons (Fsp3) is 0.0625. The zero-order valence-corrected chi connectivity index (χ0v) is 12.7. The largest absolute Gasteiger partial charge is 0.340 e. The molecule has 0 aliphatic carbocycles. The van der Waals surface area contributed by atoms with E-state index in [1.54, 1.807) is 6.07 Å². The second-order valence-corrected chi connectivity index (χ2v) is 5.82. The monoisotopic (exact) mass is 379 g/mol. The number of carbonyl (C=O) groups is 1. The highest BCUT2D eigenvalue weighted by Gasteiger charge is 2.09. The summed E-state index contributed by atoms with van der Waals surface area (Å²) in [5, 5.41) is 0.806. The highest BCUT2D eigenvalue weighted by Crippen LogP contribution is 2.18. The van der Waals surface area contributed by atoms with E-state index in [1.807, 2.05) is 41.1 Å². The number of carbonyl (C=O) groups excluding carboxylic acids is 1. The molecule has 4 heteroatoms. The third-order valence-electron chi connectivity index (χ3n) is 3.21. The molecule has 0 atom stereocenters. The van der Waals surface area contributed by atoms with E-state index in [9.17, 15) is 9.18 Å². The van der Waals surface area contributed by atoms with Crippen LogP contribution in [0, 0.1) is 9.39 Å². The Labute approximate surface area is 129 Å². The van der Waals surface area contributed by atoms with Gasteiger partial charge in [-0.3, -0.25) is 4.79 Å². The second kappa shape index (κ2) is 5.36. The molecule has 0 spiro atoms. The van der Waals surface area contributed by atoms with Gasteiger partial charge in [0.2, 0.25) is 0 Å². The molecule has 1 heterocycles. The zero-order valence-electron chi connectivity index (χ0n) is 10.5. The van der Waals surface area contributed by atoms with E-state index in [0.29, 0.717) is 5.56 Å². The molecule has 0 fully saturated rings. The van der Waals surface area contributed by atoms with Crippen LogP contribution in [0.2, 0.25) is 0 Å². The second-order valence-electron chi connectivity index (χ2n) is 4.58. The average Bonchev–Trinajstić information content (AvgIpc) is 2.81. The summed E-state index contributed by atoms with van der Waals surface area (Å²) < 4.78 is 16.1. The van der Waals surface area contributed by atoms with Crippen molar-refractivity contribution in [3.8, 4) is 0 Å². The van der Waals surface area contributed by atoms with Crippen LogP contribution in [-0.2, 0) is 6.54 Å². The van der Waals surface area contributed by atoms with Gasteiger partial charge in [-0.1, -0.05) is 12.1 Å². The third-order valence-corrected chi connectivity index (χ3v) is 3.93. The van der Waals surface area contributed by atoms with Gasteiger partial charge in [-0.25, -0.2) is 4.39 Å². The minimum Gasteiger partial charge on any atom is -0.340 e. The SMILES string of the molecule is O=C(Cn1ccc2cc(F)ccc21)c1ccc(I)cc1. The van der Waals surface area contributed by atoms with Gasteiger partial charge in [0.25, 0.3) is 0 Å². The highest BCUT2D eigenvalue weighted by atomic mass is 127. The normalized spacial score (nSPS) is 10.9. The highest BCUT2D eigenvalue weighted by molar-refractivity contribution is 14.1. The minimum atomic E-state index is -0.265. The van der Waals surface area contributed by atoms with E-state index in [0.717, 1.165) is 14.5 Å². The Balaban J connectivity index is 1.89. The fourth-order valence-electron chi connectivity index (χ4n) is 2.19. The lowest BCUT2D eigenvalue weighted by Crippen LogP contribution is -2.09. The smallest absolute Gasteiger partial charge is 0.182 e. The van der Waals surface area contributed by atoms with Gasteiger partial charge in [-0.15, -0.1) is 0 Å². The lowest BCUT2D eigenvalue weighted by molar-refractivity contribution is 0.0973. The fourth-order valence-corrected chi connectivity index (χ4v) is 2.55. The van der Waals surface area contributed by atoms with Crippen molar-refractivity contribution >= 4 is 39.3 Å². The number of ketones is 1. The molecule has 0 unspecified atom stereocenters. The zero-order chi connectivity index (χ0) is 14.1. The van der Waals surface area contributed by atoms with E-state index in [4.69, 9.17) is 0 Å². The molecule has 0 aliphatic rings. The maximum Gasteiger partial charge on any atom is 0.182 e. The summed E-state index contributed by atoms with van der Waals surface area (Å²) in [5.74, 6) is -0.220. The van der Waals surface area contributed by atoms with Gasteiger partial charge in [-0.2, -0.15) is 0 Å². The average molecular weight is 379 g/mol. The molecule has 0 amide bonds. The van der Waals surface area contributed by atoms with Gasteiger partial charge < -0.3 is 4.57 Å². The molecule has 0 saturated heterocycles. The van der Waals surface area contributed by atoms with Gasteiger partial charge in [0.05, 0.1) is 6.54 Å². The van der Waals surface area contributed by atoms with E-state index in [1.165, 1.54) is 12.1 Å². The lowest BCUT2D eigenvalue weighted by atomic mass is 10.1. The number of aromatic nitrogens is 1. The standard InChI is InChI=1S/C16H11FINO/c17-13-3-6-15-12(9-13)7-8-19(15)10-16(20)11-1-4-14(18)5-2-11/h1-9H,10H2. The number of rotatable bonds is 3. The predicted molar refractivity (Wildman–Crippen MR) is 85.4 cm³/mol. The van der Waals surface area contributed by atoms with Gasteiger partial charge in [-0.05, 0) is 59.0 Å². The summed E-state index contributed by atoms with van der Waals surface area (Å²) in [5.41, 5.74) is 1.56. The summed E-state index contributed by atoms with van der Waals surface area (Å²) in [4.78, 5) is 12.2. The van der Waals surface area contributed by atoms with Crippen LogP contribution in [0.3, 0.4) is 0 Å². The Morgan fingerprint density at radius 3 is 2.60 bits per heavy atom. The lowest BCUT2D eigenvalue weighted by Gasteiger charge is -2.05. The van der Waals surface area contributed by atoms with Gasteiger partial charge in [0.1, 0.15) is 5.82 Å². The summed E-state index contributed by atoms with van der Waals surface area (Å²) in [7, 11) is 0. The number of fused-ring (bicyclic) bond motifs is 1. The molecule has 2 nitrogen and oxygen atoms in total. The number of halogens is 2. The van der Waals surface area contributed by atoms with Crippen molar-refractivity contribution in [2.75, 3.05) is 0 Å². The van der Waals surface area contributed by atoms with Crippen LogP contribution in [0.1, 0.15) is 10.4 Å². The van der Waals surface area contributed by atoms with Crippen molar-refractivity contribution in [2.45, 2.75) is 6.54 Å². The van der Waals surface area contributed by atoms with Crippen LogP contribution in [0.25, 0.3) is 10.9 Å². The Morgan fingerprint density at radius 2 is 1.85 bits per heavy atom. The van der Waals surface area contributed by atoms with E-state index in [-0.39, 0.29) is 18.1 Å². The van der Waals surface area contributed by atoms with Gasteiger partial charge in [0.15, 0.2) is 5.78 Å². The number of hydrogen-bond acceptors (Lipinski definition) is 1. The Morgan fingerprint density at radius 1 is 1.10 bits per heavy atom. The Hall–Kier alpha value is -1.69. The van der Waals surface area contributed by atoms with Crippen LogP contribution >= 0.6 is 22.6 Å². The van der Waals surface area contributed by atoms with Crippen LogP contribution in [0.5, 0.6) is 0 Å². The number of hydrogen-bond donors (Lipinski definition) is 0. The minimum absolute atomic E-state index is 0.0447. The van der Waals surface area contributed by atoms with E-state index < -0.39 is 0 Å². The van der Waals surface area contributed by atoms with Gasteiger partial charge >= 0.3 is 0 Å². The summed E-state index contributed by atoms with van der Waals surface area (Å²) in [6.07, 6.45) is 1.81.